The Labute approximate surface area is 168 Å². The van der Waals surface area contributed by atoms with E-state index in [-0.39, 0.29) is 17.9 Å². The van der Waals surface area contributed by atoms with E-state index in [1.165, 1.54) is 11.3 Å². The summed E-state index contributed by atoms with van der Waals surface area (Å²) in [6.07, 6.45) is -0.131. The maximum Gasteiger partial charge on any atom is 0.249 e. The first-order valence-corrected chi connectivity index (χ1v) is 11.5. The molecular weight excluding hydrogens is 396 g/mol. The molecular formula is C20H22N2O4S2. The van der Waals surface area contributed by atoms with Gasteiger partial charge in [-0.3, -0.25) is 4.79 Å². The summed E-state index contributed by atoms with van der Waals surface area (Å²) in [6, 6.07) is 16.8. The normalized spacial score (nSPS) is 12.5. The maximum atomic E-state index is 12.3. The lowest BCUT2D eigenvalue weighted by atomic mass is 10.2. The second-order valence-electron chi connectivity index (χ2n) is 6.33. The average molecular weight is 419 g/mol. The van der Waals surface area contributed by atoms with E-state index in [2.05, 4.69) is 4.99 Å². The summed E-state index contributed by atoms with van der Waals surface area (Å²) < 4.78 is 32.7. The molecule has 148 valence electrons. The van der Waals surface area contributed by atoms with Crippen LogP contribution in [-0.2, 0) is 31.7 Å². The number of hydrogen-bond acceptors (Lipinski definition) is 5. The van der Waals surface area contributed by atoms with Crippen molar-refractivity contribution in [3.05, 3.63) is 65.0 Å². The Morgan fingerprint density at radius 2 is 1.82 bits per heavy atom. The molecule has 0 spiro atoms. The lowest BCUT2D eigenvalue weighted by molar-refractivity contribution is -0.117. The van der Waals surface area contributed by atoms with E-state index in [4.69, 9.17) is 4.74 Å². The molecule has 8 heteroatoms. The van der Waals surface area contributed by atoms with Crippen LogP contribution in [-0.4, -0.2) is 38.4 Å². The molecule has 0 radical (unpaired) electrons. The molecule has 0 aliphatic carbocycles. The van der Waals surface area contributed by atoms with Gasteiger partial charge in [0.2, 0.25) is 5.91 Å². The van der Waals surface area contributed by atoms with Crippen molar-refractivity contribution in [3.8, 4) is 0 Å². The molecule has 3 rings (SSSR count). The van der Waals surface area contributed by atoms with Crippen molar-refractivity contribution in [3.63, 3.8) is 0 Å². The number of sulfone groups is 1. The Balaban J connectivity index is 1.75. The second-order valence-corrected chi connectivity index (χ2v) is 9.52. The molecule has 0 unspecified atom stereocenters. The Morgan fingerprint density at radius 1 is 1.11 bits per heavy atom. The third-order valence-corrected chi connectivity index (χ3v) is 6.84. The van der Waals surface area contributed by atoms with E-state index in [1.54, 1.807) is 31.4 Å². The largest absolute Gasteiger partial charge is 0.383 e. The predicted molar refractivity (Wildman–Crippen MR) is 111 cm³/mol. The summed E-state index contributed by atoms with van der Waals surface area (Å²) in [5.41, 5.74) is 1.70. The molecule has 0 N–H and O–H groups in total. The van der Waals surface area contributed by atoms with Crippen molar-refractivity contribution in [1.82, 2.24) is 4.57 Å². The zero-order chi connectivity index (χ0) is 20.0. The number of para-hydroxylation sites is 1. The minimum Gasteiger partial charge on any atom is -0.383 e. The number of rotatable bonds is 8. The van der Waals surface area contributed by atoms with Crippen LogP contribution in [0, 0.1) is 0 Å². The highest BCUT2D eigenvalue weighted by Gasteiger charge is 2.15. The van der Waals surface area contributed by atoms with Crippen LogP contribution < -0.4 is 4.80 Å². The first-order chi connectivity index (χ1) is 13.5. The number of thiazole rings is 1. The third-order valence-electron chi connectivity index (χ3n) is 4.18. The summed E-state index contributed by atoms with van der Waals surface area (Å²) >= 11 is 1.41. The molecule has 1 amide bonds. The van der Waals surface area contributed by atoms with Crippen molar-refractivity contribution >= 4 is 37.3 Å². The van der Waals surface area contributed by atoms with Crippen molar-refractivity contribution in [2.75, 3.05) is 19.5 Å². The fourth-order valence-electron chi connectivity index (χ4n) is 2.81. The van der Waals surface area contributed by atoms with Crippen LogP contribution in [0.15, 0.2) is 59.6 Å². The number of methoxy groups -OCH3 is 1. The topological polar surface area (TPSA) is 77.7 Å². The summed E-state index contributed by atoms with van der Waals surface area (Å²) in [4.78, 5) is 17.1. The summed E-state index contributed by atoms with van der Waals surface area (Å²) in [6.45, 7) is 1.06. The molecule has 1 aromatic heterocycles. The zero-order valence-electron chi connectivity index (χ0n) is 15.6. The fraction of sp³-hybridized carbons (Fsp3) is 0.300. The van der Waals surface area contributed by atoms with Gasteiger partial charge >= 0.3 is 0 Å². The van der Waals surface area contributed by atoms with Crippen LogP contribution in [0.25, 0.3) is 10.2 Å². The number of aromatic nitrogens is 1. The third kappa shape index (κ3) is 5.37. The molecule has 3 aromatic rings. The van der Waals surface area contributed by atoms with Crippen molar-refractivity contribution in [2.45, 2.75) is 18.7 Å². The number of amides is 1. The molecule has 0 aliphatic heterocycles. The number of benzene rings is 2. The smallest absolute Gasteiger partial charge is 0.249 e. The van der Waals surface area contributed by atoms with Gasteiger partial charge in [0.15, 0.2) is 14.6 Å². The van der Waals surface area contributed by atoms with E-state index in [0.29, 0.717) is 23.5 Å². The first-order valence-electron chi connectivity index (χ1n) is 8.88. The van der Waals surface area contributed by atoms with Crippen molar-refractivity contribution in [1.29, 1.82) is 0 Å². The molecule has 0 saturated heterocycles. The zero-order valence-corrected chi connectivity index (χ0v) is 17.2. The highest BCUT2D eigenvalue weighted by molar-refractivity contribution is 7.90. The lowest BCUT2D eigenvalue weighted by Gasteiger charge is -2.04. The quantitative estimate of drug-likeness (QED) is 0.564. The van der Waals surface area contributed by atoms with Crippen molar-refractivity contribution < 1.29 is 17.9 Å². The Kier molecular flexibility index (Phi) is 6.77. The second kappa shape index (κ2) is 9.27. The number of nitrogens with zero attached hydrogens (tertiary/aromatic N) is 2. The molecule has 0 aliphatic rings. The minimum atomic E-state index is -3.38. The lowest BCUT2D eigenvalue weighted by Crippen LogP contribution is -2.20. The van der Waals surface area contributed by atoms with Crippen molar-refractivity contribution in [2.24, 2.45) is 4.99 Å². The van der Waals surface area contributed by atoms with E-state index in [0.717, 1.165) is 10.2 Å². The van der Waals surface area contributed by atoms with E-state index in [1.807, 2.05) is 34.9 Å². The molecule has 0 atom stereocenters. The number of fused-ring (bicyclic) bond motifs is 1. The van der Waals surface area contributed by atoms with Gasteiger partial charge in [-0.05, 0) is 17.7 Å². The van der Waals surface area contributed by atoms with Crippen LogP contribution in [0.4, 0.5) is 0 Å². The molecule has 0 bridgehead atoms. The Morgan fingerprint density at radius 3 is 2.57 bits per heavy atom. The molecule has 0 saturated carbocycles. The van der Waals surface area contributed by atoms with Gasteiger partial charge in [-0.2, -0.15) is 4.99 Å². The Hall–Kier alpha value is -2.29. The van der Waals surface area contributed by atoms with Crippen LogP contribution >= 0.6 is 11.3 Å². The van der Waals surface area contributed by atoms with E-state index >= 15 is 0 Å². The summed E-state index contributed by atoms with van der Waals surface area (Å²) in [5.74, 6) is -0.722. The fourth-order valence-corrected chi connectivity index (χ4v) is 5.21. The highest BCUT2D eigenvalue weighted by atomic mass is 32.2. The summed E-state index contributed by atoms with van der Waals surface area (Å²) in [7, 11) is -1.76. The highest BCUT2D eigenvalue weighted by Crippen LogP contribution is 2.16. The van der Waals surface area contributed by atoms with Gasteiger partial charge in [-0.1, -0.05) is 53.8 Å². The van der Waals surface area contributed by atoms with Gasteiger partial charge in [0.05, 0.1) is 28.3 Å². The van der Waals surface area contributed by atoms with E-state index in [9.17, 15) is 13.2 Å². The molecule has 1 heterocycles. The van der Waals surface area contributed by atoms with Crippen LogP contribution in [0.5, 0.6) is 0 Å². The monoisotopic (exact) mass is 418 g/mol. The van der Waals surface area contributed by atoms with Gasteiger partial charge in [0.25, 0.3) is 0 Å². The maximum absolute atomic E-state index is 12.3. The standard InChI is InChI=1S/C20H22N2O4S2/c1-26-13-12-22-17-9-5-6-10-18(17)27-20(22)21-19(23)11-14-28(24,25)15-16-7-3-2-4-8-16/h2-10H,11-15H2,1H3. The van der Waals surface area contributed by atoms with Crippen LogP contribution in [0.3, 0.4) is 0 Å². The summed E-state index contributed by atoms with van der Waals surface area (Å²) in [5, 5.41) is 0. The van der Waals surface area contributed by atoms with Crippen LogP contribution in [0.2, 0.25) is 0 Å². The van der Waals surface area contributed by atoms with E-state index < -0.39 is 15.7 Å². The number of carbonyl (C=O) groups is 1. The number of hydrogen-bond donors (Lipinski definition) is 0. The average Bonchev–Trinajstić information content (AvgIpc) is 3.02. The van der Waals surface area contributed by atoms with Gasteiger partial charge < -0.3 is 9.30 Å². The SMILES string of the molecule is COCCn1c(=NC(=O)CCS(=O)(=O)Cc2ccccc2)sc2ccccc21. The molecule has 6 nitrogen and oxygen atoms in total. The Bertz CT molecular complexity index is 1120. The molecule has 0 fully saturated rings. The van der Waals surface area contributed by atoms with Gasteiger partial charge in [0.1, 0.15) is 0 Å². The molecule has 28 heavy (non-hydrogen) atoms. The number of carbonyl (C=O) groups excluding carboxylic acids is 1. The minimum absolute atomic E-state index is 0.0716. The first kappa shape index (κ1) is 20.4. The molecule has 2 aromatic carbocycles. The predicted octanol–water partition coefficient (Wildman–Crippen LogP) is 2.78. The number of ether oxygens (including phenoxy) is 1. The van der Waals surface area contributed by atoms with Crippen LogP contribution in [0.1, 0.15) is 12.0 Å². The van der Waals surface area contributed by atoms with Gasteiger partial charge in [0, 0.05) is 20.1 Å². The van der Waals surface area contributed by atoms with Gasteiger partial charge in [-0.25, -0.2) is 8.42 Å². The van der Waals surface area contributed by atoms with Gasteiger partial charge in [-0.15, -0.1) is 0 Å².